The van der Waals surface area contributed by atoms with Crippen molar-refractivity contribution in [2.24, 2.45) is 0 Å². The number of alkyl carbamates (subject to hydrolysis) is 1. The zero-order valence-electron chi connectivity index (χ0n) is 13.1. The highest BCUT2D eigenvalue weighted by Crippen LogP contribution is 2.01. The van der Waals surface area contributed by atoms with Gasteiger partial charge in [0.15, 0.2) is 8.32 Å². The molecule has 0 aliphatic rings. The summed E-state index contributed by atoms with van der Waals surface area (Å²) >= 11 is 0. The molecule has 0 aromatic heterocycles. The second kappa shape index (κ2) is 9.54. The maximum atomic E-state index is 11.4. The van der Waals surface area contributed by atoms with E-state index >= 15 is 0 Å². The van der Waals surface area contributed by atoms with Crippen molar-refractivity contribution >= 4 is 14.4 Å². The van der Waals surface area contributed by atoms with Crippen LogP contribution in [0.2, 0.25) is 19.6 Å². The Balaban J connectivity index is 1.96. The first-order valence-electron chi connectivity index (χ1n) is 7.13. The van der Waals surface area contributed by atoms with Crippen LogP contribution in [0.5, 0.6) is 0 Å². The molecule has 0 radical (unpaired) electrons. The molecular weight excluding hydrogens is 286 g/mol. The van der Waals surface area contributed by atoms with Gasteiger partial charge in [-0.15, -0.1) is 0 Å². The van der Waals surface area contributed by atoms with Crippen LogP contribution < -0.4 is 5.32 Å². The summed E-state index contributed by atoms with van der Waals surface area (Å²) in [6, 6.07) is 9.57. The summed E-state index contributed by atoms with van der Waals surface area (Å²) in [5.41, 5.74) is 0.965. The van der Waals surface area contributed by atoms with Crippen LogP contribution in [0, 0.1) is 0 Å². The van der Waals surface area contributed by atoms with E-state index in [0.29, 0.717) is 26.4 Å². The number of rotatable bonds is 9. The van der Waals surface area contributed by atoms with Gasteiger partial charge in [-0.25, -0.2) is 4.79 Å². The van der Waals surface area contributed by atoms with Crippen molar-refractivity contribution in [3.63, 3.8) is 0 Å². The average Bonchev–Trinajstić information content (AvgIpc) is 2.44. The summed E-state index contributed by atoms with van der Waals surface area (Å²) in [5, 5.41) is 2.64. The van der Waals surface area contributed by atoms with Crippen LogP contribution in [-0.4, -0.2) is 40.8 Å². The average molecular weight is 311 g/mol. The molecule has 0 saturated heterocycles. The fourth-order valence-corrected chi connectivity index (χ4v) is 2.20. The van der Waals surface area contributed by atoms with E-state index in [4.69, 9.17) is 13.9 Å². The summed E-state index contributed by atoms with van der Waals surface area (Å²) in [6.07, 6.45) is -0.430. The molecule has 0 saturated carbocycles. The molecule has 118 valence electrons. The monoisotopic (exact) mass is 311 g/mol. The first-order valence-corrected chi connectivity index (χ1v) is 10.5. The molecule has 0 aliphatic carbocycles. The Hall–Kier alpha value is -1.37. The van der Waals surface area contributed by atoms with E-state index in [2.05, 4.69) is 25.0 Å². The Morgan fingerprint density at radius 3 is 2.48 bits per heavy atom. The van der Waals surface area contributed by atoms with Crippen molar-refractivity contribution in [1.82, 2.24) is 5.32 Å². The van der Waals surface area contributed by atoms with E-state index in [1.807, 2.05) is 30.3 Å². The standard InChI is InChI=1S/C15H25NO4Si/c1-21(2,3)20-12-11-18-10-9-16-15(17)19-13-14-7-5-4-6-8-14/h4-8H,9-13H2,1-3H3,(H,16,17). The highest BCUT2D eigenvalue weighted by atomic mass is 28.4. The summed E-state index contributed by atoms with van der Waals surface area (Å²) in [5.74, 6) is 0. The molecular formula is C15H25NO4Si. The van der Waals surface area contributed by atoms with Gasteiger partial charge < -0.3 is 19.2 Å². The molecule has 5 nitrogen and oxygen atoms in total. The highest BCUT2D eigenvalue weighted by molar-refractivity contribution is 6.69. The van der Waals surface area contributed by atoms with Gasteiger partial charge in [0.05, 0.1) is 19.8 Å². The maximum absolute atomic E-state index is 11.4. The van der Waals surface area contributed by atoms with Crippen molar-refractivity contribution in [3.8, 4) is 0 Å². The molecule has 0 aliphatic heterocycles. The van der Waals surface area contributed by atoms with Gasteiger partial charge in [0.25, 0.3) is 0 Å². The van der Waals surface area contributed by atoms with Crippen molar-refractivity contribution < 1.29 is 18.7 Å². The minimum atomic E-state index is -1.46. The fourth-order valence-electron chi connectivity index (χ4n) is 1.51. The Labute approximate surface area is 127 Å². The number of hydrogen-bond donors (Lipinski definition) is 1. The van der Waals surface area contributed by atoms with Gasteiger partial charge in [-0.1, -0.05) is 30.3 Å². The van der Waals surface area contributed by atoms with Gasteiger partial charge >= 0.3 is 6.09 Å². The topological polar surface area (TPSA) is 56.8 Å². The van der Waals surface area contributed by atoms with E-state index in [0.717, 1.165) is 5.56 Å². The number of carbonyl (C=O) groups is 1. The third-order valence-corrected chi connectivity index (χ3v) is 3.56. The lowest BCUT2D eigenvalue weighted by molar-refractivity contribution is 0.0948. The normalized spacial score (nSPS) is 11.2. The van der Waals surface area contributed by atoms with E-state index in [9.17, 15) is 4.79 Å². The predicted octanol–water partition coefficient (Wildman–Crippen LogP) is 2.78. The number of carbonyl (C=O) groups excluding carboxylic acids is 1. The molecule has 0 fully saturated rings. The lowest BCUT2D eigenvalue weighted by Crippen LogP contribution is -2.29. The Morgan fingerprint density at radius 1 is 1.10 bits per heavy atom. The number of amides is 1. The summed E-state index contributed by atoms with van der Waals surface area (Å²) < 4.78 is 16.1. The molecule has 1 aromatic carbocycles. The summed E-state index contributed by atoms with van der Waals surface area (Å²) in [6.45, 7) is 8.72. The first kappa shape index (κ1) is 17.7. The third kappa shape index (κ3) is 10.1. The number of nitrogens with one attached hydrogen (secondary N) is 1. The molecule has 1 amide bonds. The van der Waals surface area contributed by atoms with Crippen LogP contribution in [0.25, 0.3) is 0 Å². The van der Waals surface area contributed by atoms with Gasteiger partial charge in [-0.2, -0.15) is 0 Å². The van der Waals surface area contributed by atoms with Crippen LogP contribution in [0.1, 0.15) is 5.56 Å². The molecule has 0 unspecified atom stereocenters. The zero-order valence-corrected chi connectivity index (χ0v) is 14.1. The number of benzene rings is 1. The molecule has 1 aromatic rings. The first-order chi connectivity index (χ1) is 9.97. The maximum Gasteiger partial charge on any atom is 0.407 e. The second-order valence-electron chi connectivity index (χ2n) is 5.56. The zero-order chi connectivity index (χ0) is 15.6. The third-order valence-electron chi connectivity index (χ3n) is 2.49. The van der Waals surface area contributed by atoms with Gasteiger partial charge in [-0.05, 0) is 25.2 Å². The lowest BCUT2D eigenvalue weighted by Gasteiger charge is -2.16. The van der Waals surface area contributed by atoms with Crippen molar-refractivity contribution in [1.29, 1.82) is 0 Å². The second-order valence-corrected chi connectivity index (χ2v) is 10.1. The molecule has 21 heavy (non-hydrogen) atoms. The number of ether oxygens (including phenoxy) is 2. The van der Waals surface area contributed by atoms with Crippen LogP contribution in [0.4, 0.5) is 4.79 Å². The SMILES string of the molecule is C[Si](C)(C)OCCOCCNC(=O)OCc1ccccc1. The number of hydrogen-bond acceptors (Lipinski definition) is 4. The van der Waals surface area contributed by atoms with E-state index in [-0.39, 0.29) is 6.61 Å². The smallest absolute Gasteiger partial charge is 0.407 e. The minimum Gasteiger partial charge on any atom is -0.445 e. The molecule has 6 heteroatoms. The van der Waals surface area contributed by atoms with Gasteiger partial charge in [0, 0.05) is 6.54 Å². The van der Waals surface area contributed by atoms with Crippen molar-refractivity contribution in [3.05, 3.63) is 35.9 Å². The van der Waals surface area contributed by atoms with Gasteiger partial charge in [-0.3, -0.25) is 0 Å². The van der Waals surface area contributed by atoms with Gasteiger partial charge in [0.2, 0.25) is 0 Å². The van der Waals surface area contributed by atoms with Crippen LogP contribution >= 0.6 is 0 Å². The van der Waals surface area contributed by atoms with Gasteiger partial charge in [0.1, 0.15) is 6.61 Å². The van der Waals surface area contributed by atoms with Crippen molar-refractivity contribution in [2.75, 3.05) is 26.4 Å². The van der Waals surface area contributed by atoms with E-state index in [1.54, 1.807) is 0 Å². The molecule has 1 N–H and O–H groups in total. The summed E-state index contributed by atoms with van der Waals surface area (Å²) in [7, 11) is -1.46. The Morgan fingerprint density at radius 2 is 1.81 bits per heavy atom. The lowest BCUT2D eigenvalue weighted by atomic mass is 10.2. The van der Waals surface area contributed by atoms with Crippen LogP contribution in [0.15, 0.2) is 30.3 Å². The molecule has 0 bridgehead atoms. The highest BCUT2D eigenvalue weighted by Gasteiger charge is 2.13. The molecule has 0 atom stereocenters. The van der Waals surface area contributed by atoms with Crippen LogP contribution in [0.3, 0.4) is 0 Å². The quantitative estimate of drug-likeness (QED) is 0.563. The molecule has 0 spiro atoms. The van der Waals surface area contributed by atoms with E-state index < -0.39 is 14.4 Å². The fraction of sp³-hybridized carbons (Fsp3) is 0.533. The Kier molecular flexibility index (Phi) is 8.03. The van der Waals surface area contributed by atoms with Crippen LogP contribution in [-0.2, 0) is 20.5 Å². The molecule has 0 heterocycles. The predicted molar refractivity (Wildman–Crippen MR) is 84.7 cm³/mol. The summed E-state index contributed by atoms with van der Waals surface area (Å²) in [4.78, 5) is 11.4. The van der Waals surface area contributed by atoms with E-state index in [1.165, 1.54) is 0 Å². The molecule has 1 rings (SSSR count). The Bertz CT molecular complexity index is 406. The largest absolute Gasteiger partial charge is 0.445 e. The minimum absolute atomic E-state index is 0.275. The van der Waals surface area contributed by atoms with Crippen molar-refractivity contribution in [2.45, 2.75) is 26.2 Å².